The van der Waals surface area contributed by atoms with Crippen LogP contribution in [-0.2, 0) is 21.3 Å². The predicted octanol–water partition coefficient (Wildman–Crippen LogP) is 3.53. The molecule has 26 heavy (non-hydrogen) atoms. The summed E-state index contributed by atoms with van der Waals surface area (Å²) in [6.07, 6.45) is 0.934. The largest absolute Gasteiger partial charge is 0.449 e. The zero-order valence-electron chi connectivity index (χ0n) is 14.4. The van der Waals surface area contributed by atoms with E-state index in [1.807, 2.05) is 36.4 Å². The summed E-state index contributed by atoms with van der Waals surface area (Å²) in [6, 6.07) is 16.3. The Bertz CT molecular complexity index is 924. The molecule has 0 saturated heterocycles. The molecule has 0 saturated carbocycles. The van der Waals surface area contributed by atoms with Crippen LogP contribution in [0.25, 0.3) is 11.5 Å². The summed E-state index contributed by atoms with van der Waals surface area (Å²) in [5.74, 6) is 0.487. The summed E-state index contributed by atoms with van der Waals surface area (Å²) < 4.78 is 22.4. The maximum Gasteiger partial charge on any atom is 0.338 e. The van der Waals surface area contributed by atoms with Crippen molar-refractivity contribution in [2.45, 2.75) is 18.8 Å². The van der Waals surface area contributed by atoms with Crippen molar-refractivity contribution in [3.05, 3.63) is 71.6 Å². The molecule has 134 valence electrons. The van der Waals surface area contributed by atoms with Gasteiger partial charge in [-0.2, -0.15) is 0 Å². The van der Waals surface area contributed by atoms with Gasteiger partial charge in [0.2, 0.25) is 5.89 Å². The van der Waals surface area contributed by atoms with Gasteiger partial charge in [-0.1, -0.05) is 30.3 Å². The number of hydrogen-bond acceptors (Lipinski definition) is 6. The fraction of sp³-hybridized carbons (Fsp3) is 0.211. The Labute approximate surface area is 153 Å². The first kappa shape index (κ1) is 18.0. The number of ether oxygens (including phenoxy) is 1. The summed E-state index contributed by atoms with van der Waals surface area (Å²) in [5.41, 5.74) is 2.00. The molecule has 0 aliphatic carbocycles. The third kappa shape index (κ3) is 4.43. The minimum Gasteiger partial charge on any atom is -0.449 e. The van der Waals surface area contributed by atoms with Crippen molar-refractivity contribution in [3.63, 3.8) is 0 Å². The van der Waals surface area contributed by atoms with Gasteiger partial charge in [0, 0.05) is 28.4 Å². The normalized spacial score (nSPS) is 13.2. The molecule has 3 aromatic rings. The summed E-state index contributed by atoms with van der Waals surface area (Å²) >= 11 is 0. The highest BCUT2D eigenvalue weighted by Crippen LogP contribution is 2.23. The van der Waals surface area contributed by atoms with E-state index in [0.29, 0.717) is 17.2 Å². The lowest BCUT2D eigenvalue weighted by atomic mass is 10.1. The zero-order valence-corrected chi connectivity index (χ0v) is 15.2. The second-order valence-electron chi connectivity index (χ2n) is 5.78. The quantitative estimate of drug-likeness (QED) is 0.617. The first-order valence-electron chi connectivity index (χ1n) is 8.01. The van der Waals surface area contributed by atoms with Crippen LogP contribution in [0.5, 0.6) is 0 Å². The van der Waals surface area contributed by atoms with Gasteiger partial charge in [-0.3, -0.25) is 4.21 Å². The van der Waals surface area contributed by atoms with Gasteiger partial charge in [0.15, 0.2) is 6.10 Å². The summed E-state index contributed by atoms with van der Waals surface area (Å²) in [5, 5.41) is 7.95. The summed E-state index contributed by atoms with van der Waals surface area (Å²) in [4.78, 5) is 12.4. The molecule has 0 spiro atoms. The topological polar surface area (TPSA) is 82.3 Å². The second-order valence-corrected chi connectivity index (χ2v) is 7.21. The lowest BCUT2D eigenvalue weighted by molar-refractivity contribution is 0.0279. The van der Waals surface area contributed by atoms with Crippen molar-refractivity contribution in [1.82, 2.24) is 10.2 Å². The van der Waals surface area contributed by atoms with E-state index in [1.54, 1.807) is 31.4 Å². The first-order valence-corrected chi connectivity index (χ1v) is 9.74. The van der Waals surface area contributed by atoms with Gasteiger partial charge in [0.25, 0.3) is 5.89 Å². The number of aromatic nitrogens is 2. The number of nitrogens with zero attached hydrogens (tertiary/aromatic N) is 2. The van der Waals surface area contributed by atoms with E-state index in [4.69, 9.17) is 9.15 Å². The van der Waals surface area contributed by atoms with Crippen molar-refractivity contribution in [2.24, 2.45) is 0 Å². The molecular formula is C19H18N2O4S. The molecule has 0 radical (unpaired) electrons. The highest BCUT2D eigenvalue weighted by molar-refractivity contribution is 7.83. The van der Waals surface area contributed by atoms with Crippen molar-refractivity contribution >= 4 is 16.8 Å². The molecule has 0 bridgehead atoms. The summed E-state index contributed by atoms with van der Waals surface area (Å²) in [6.45, 7) is 1.67. The molecule has 1 aromatic heterocycles. The standard InChI is InChI=1S/C19H18N2O4S/c1-13(17-20-21-18(25-17)15-8-4-3-5-9-15)24-19(22)16-10-6-7-14(11-16)12-26(2)23/h3-11,13H,12H2,1-2H3. The van der Waals surface area contributed by atoms with Crippen LogP contribution in [0, 0.1) is 0 Å². The number of carbonyl (C=O) groups excluding carboxylic acids is 1. The maximum atomic E-state index is 12.4. The molecule has 0 aliphatic heterocycles. The number of rotatable bonds is 6. The molecule has 0 aliphatic rings. The van der Waals surface area contributed by atoms with Gasteiger partial charge in [-0.25, -0.2) is 4.79 Å². The molecule has 3 rings (SSSR count). The number of hydrogen-bond donors (Lipinski definition) is 0. The van der Waals surface area contributed by atoms with Crippen LogP contribution < -0.4 is 0 Å². The van der Waals surface area contributed by atoms with Crippen molar-refractivity contribution < 1.29 is 18.2 Å². The van der Waals surface area contributed by atoms with Gasteiger partial charge in [0.1, 0.15) is 0 Å². The van der Waals surface area contributed by atoms with Crippen LogP contribution in [0.3, 0.4) is 0 Å². The van der Waals surface area contributed by atoms with Crippen LogP contribution >= 0.6 is 0 Å². The minimum atomic E-state index is -0.979. The fourth-order valence-electron chi connectivity index (χ4n) is 2.40. The van der Waals surface area contributed by atoms with Crippen molar-refractivity contribution in [3.8, 4) is 11.5 Å². The number of esters is 1. The van der Waals surface area contributed by atoms with Crippen LogP contribution in [0.2, 0.25) is 0 Å². The molecule has 0 amide bonds. The maximum absolute atomic E-state index is 12.4. The van der Waals surface area contributed by atoms with E-state index in [1.165, 1.54) is 0 Å². The van der Waals surface area contributed by atoms with Crippen LogP contribution in [-0.4, -0.2) is 26.6 Å². The van der Waals surface area contributed by atoms with Gasteiger partial charge < -0.3 is 9.15 Å². The van der Waals surface area contributed by atoms with Gasteiger partial charge in [-0.15, -0.1) is 10.2 Å². The molecule has 7 heteroatoms. The molecule has 1 heterocycles. The average molecular weight is 370 g/mol. The van der Waals surface area contributed by atoms with Gasteiger partial charge >= 0.3 is 5.97 Å². The zero-order chi connectivity index (χ0) is 18.5. The minimum absolute atomic E-state index is 0.225. The van der Waals surface area contributed by atoms with E-state index in [-0.39, 0.29) is 5.89 Å². The third-order valence-corrected chi connectivity index (χ3v) is 4.37. The predicted molar refractivity (Wildman–Crippen MR) is 97.8 cm³/mol. The van der Waals surface area contributed by atoms with E-state index in [2.05, 4.69) is 10.2 Å². The molecular weight excluding hydrogens is 352 g/mol. The highest BCUT2D eigenvalue weighted by Gasteiger charge is 2.20. The Hall–Kier alpha value is -2.80. The molecule has 2 atom stereocenters. The van der Waals surface area contributed by atoms with Crippen LogP contribution in [0.4, 0.5) is 0 Å². The Morgan fingerprint density at radius 2 is 1.92 bits per heavy atom. The number of benzene rings is 2. The lowest BCUT2D eigenvalue weighted by Crippen LogP contribution is -2.10. The SMILES string of the molecule is CC(OC(=O)c1cccc(CS(C)=O)c1)c1nnc(-c2ccccc2)o1. The Morgan fingerprint density at radius 3 is 2.65 bits per heavy atom. The molecule has 0 N–H and O–H groups in total. The van der Waals surface area contributed by atoms with Gasteiger partial charge in [-0.05, 0) is 36.8 Å². The Balaban J connectivity index is 1.70. The smallest absolute Gasteiger partial charge is 0.338 e. The van der Waals surface area contributed by atoms with Crippen LogP contribution in [0.15, 0.2) is 59.0 Å². The number of carbonyl (C=O) groups is 1. The lowest BCUT2D eigenvalue weighted by Gasteiger charge is -2.10. The van der Waals surface area contributed by atoms with E-state index < -0.39 is 22.9 Å². The fourth-order valence-corrected chi connectivity index (χ4v) is 3.05. The van der Waals surface area contributed by atoms with Crippen molar-refractivity contribution in [2.75, 3.05) is 6.26 Å². The van der Waals surface area contributed by atoms with E-state index >= 15 is 0 Å². The molecule has 6 nitrogen and oxygen atoms in total. The monoisotopic (exact) mass is 370 g/mol. The van der Waals surface area contributed by atoms with Crippen LogP contribution in [0.1, 0.15) is 34.8 Å². The first-order chi connectivity index (χ1) is 12.5. The van der Waals surface area contributed by atoms with Crippen molar-refractivity contribution in [1.29, 1.82) is 0 Å². The second kappa shape index (κ2) is 8.05. The molecule has 2 unspecified atom stereocenters. The Kier molecular flexibility index (Phi) is 5.58. The molecule has 2 aromatic carbocycles. The van der Waals surface area contributed by atoms with Gasteiger partial charge in [0.05, 0.1) is 5.56 Å². The summed E-state index contributed by atoms with van der Waals surface area (Å²) in [7, 11) is -0.979. The highest BCUT2D eigenvalue weighted by atomic mass is 32.2. The third-order valence-electron chi connectivity index (χ3n) is 3.63. The molecule has 0 fully saturated rings. The van der Waals surface area contributed by atoms with E-state index in [9.17, 15) is 9.00 Å². The average Bonchev–Trinajstić information content (AvgIpc) is 3.12. The Morgan fingerprint density at radius 1 is 1.15 bits per heavy atom. The van der Waals surface area contributed by atoms with E-state index in [0.717, 1.165) is 11.1 Å².